The molecule has 0 aromatic heterocycles. The normalized spacial score (nSPS) is 10.9. The Hall–Kier alpha value is -2.28. The minimum Gasteiger partial charge on any atom is -1.00 e. The molecular weight excluding hydrogens is 430 g/mol. The maximum absolute atomic E-state index is 14.7. The van der Waals surface area contributed by atoms with E-state index < -0.39 is 7.26 Å². The summed E-state index contributed by atoms with van der Waals surface area (Å²) in [5.74, 6) is -0.183. The molecule has 0 aliphatic heterocycles. The van der Waals surface area contributed by atoms with E-state index in [4.69, 9.17) is 0 Å². The Bertz CT molecular complexity index is 1010. The van der Waals surface area contributed by atoms with Crippen molar-refractivity contribution in [1.82, 2.24) is 0 Å². The summed E-state index contributed by atoms with van der Waals surface area (Å²) in [6.07, 6.45) is 0. The van der Waals surface area contributed by atoms with Crippen molar-refractivity contribution in [2.24, 2.45) is 0 Å². The second kappa shape index (κ2) is 8.82. The van der Waals surface area contributed by atoms with Crippen LogP contribution < -0.4 is 32.9 Å². The first-order valence-electron chi connectivity index (χ1n) is 9.03. The van der Waals surface area contributed by atoms with E-state index in [1.54, 1.807) is 6.07 Å². The molecule has 0 saturated heterocycles. The summed E-state index contributed by atoms with van der Waals surface area (Å²) in [6, 6.07) is 36.5. The molecule has 0 nitrogen and oxygen atoms in total. The van der Waals surface area contributed by atoms with Crippen molar-refractivity contribution >= 4 is 23.2 Å². The number of benzene rings is 4. The highest BCUT2D eigenvalue weighted by Gasteiger charge is 2.42. The smallest absolute Gasteiger partial charge is 0.131 e. The lowest BCUT2D eigenvalue weighted by Gasteiger charge is -2.25. The lowest BCUT2D eigenvalue weighted by Crippen LogP contribution is -3.00. The fourth-order valence-electron chi connectivity index (χ4n) is 3.65. The summed E-state index contributed by atoms with van der Waals surface area (Å²) in [6.45, 7) is 2.33. The van der Waals surface area contributed by atoms with E-state index >= 15 is 0 Å². The Morgan fingerprint density at radius 2 is 0.964 bits per heavy atom. The van der Waals surface area contributed by atoms with Gasteiger partial charge in [-0.25, -0.2) is 4.39 Å². The van der Waals surface area contributed by atoms with Gasteiger partial charge in [-0.1, -0.05) is 72.8 Å². The average Bonchev–Trinajstić information content (AvgIpc) is 2.75. The van der Waals surface area contributed by atoms with Gasteiger partial charge >= 0.3 is 0 Å². The maximum atomic E-state index is 14.7. The average molecular weight is 451 g/mol. The molecule has 0 amide bonds. The third-order valence-electron chi connectivity index (χ3n) is 5.10. The van der Waals surface area contributed by atoms with Crippen molar-refractivity contribution in [3.8, 4) is 11.1 Å². The molecule has 0 aliphatic rings. The summed E-state index contributed by atoms with van der Waals surface area (Å²) in [7, 11) is -1.92. The Kier molecular flexibility index (Phi) is 6.44. The van der Waals surface area contributed by atoms with Gasteiger partial charge in [0.2, 0.25) is 0 Å². The maximum Gasteiger partial charge on any atom is 0.131 e. The fourth-order valence-corrected chi connectivity index (χ4v) is 7.10. The van der Waals surface area contributed by atoms with Gasteiger partial charge < -0.3 is 17.0 Å². The van der Waals surface area contributed by atoms with Gasteiger partial charge in [0.15, 0.2) is 0 Å². The summed E-state index contributed by atoms with van der Waals surface area (Å²) < 4.78 is 14.7. The molecule has 0 saturated carbocycles. The van der Waals surface area contributed by atoms with Crippen LogP contribution in [0, 0.1) is 5.82 Å². The third-order valence-corrected chi connectivity index (χ3v) is 9.11. The van der Waals surface area contributed by atoms with Crippen LogP contribution in [0.5, 0.6) is 0 Å². The molecule has 140 valence electrons. The zero-order chi connectivity index (χ0) is 18.7. The first kappa shape index (κ1) is 20.5. The quantitative estimate of drug-likeness (QED) is 0.419. The molecule has 0 heterocycles. The SMILES string of the molecule is C[P+](c1ccccc1)(c1ccccc1)c1ccccc1-c1ccccc1F.[Br-]. The molecular formula is C25H21BrFP. The Labute approximate surface area is 177 Å². The molecule has 0 fully saturated rings. The predicted octanol–water partition coefficient (Wildman–Crippen LogP) is 2.42. The molecule has 4 aromatic rings. The van der Waals surface area contributed by atoms with E-state index in [0.717, 1.165) is 5.56 Å². The van der Waals surface area contributed by atoms with Gasteiger partial charge in [0.05, 0.1) is 6.66 Å². The van der Waals surface area contributed by atoms with Crippen LogP contribution in [-0.4, -0.2) is 6.66 Å². The number of rotatable bonds is 4. The van der Waals surface area contributed by atoms with E-state index in [1.807, 2.05) is 36.4 Å². The second-order valence-electron chi connectivity index (χ2n) is 6.67. The molecule has 3 heteroatoms. The van der Waals surface area contributed by atoms with Crippen molar-refractivity contribution in [2.75, 3.05) is 6.66 Å². The first-order chi connectivity index (χ1) is 13.2. The summed E-state index contributed by atoms with van der Waals surface area (Å²) in [4.78, 5) is 0. The van der Waals surface area contributed by atoms with Crippen LogP contribution in [0.2, 0.25) is 0 Å². The molecule has 0 radical (unpaired) electrons. The van der Waals surface area contributed by atoms with Gasteiger partial charge in [-0.3, -0.25) is 0 Å². The molecule has 0 N–H and O–H groups in total. The number of hydrogen-bond donors (Lipinski definition) is 0. The third kappa shape index (κ3) is 3.68. The highest BCUT2D eigenvalue weighted by molar-refractivity contribution is 7.95. The van der Waals surface area contributed by atoms with Gasteiger partial charge in [-0.05, 0) is 36.4 Å². The minimum absolute atomic E-state index is 0. The largest absolute Gasteiger partial charge is 1.00 e. The van der Waals surface area contributed by atoms with Crippen LogP contribution in [0.3, 0.4) is 0 Å². The van der Waals surface area contributed by atoms with Gasteiger partial charge in [0.25, 0.3) is 0 Å². The van der Waals surface area contributed by atoms with Gasteiger partial charge in [0.1, 0.15) is 29.0 Å². The molecule has 4 rings (SSSR count). The summed E-state index contributed by atoms with van der Waals surface area (Å²) >= 11 is 0. The molecule has 0 atom stereocenters. The summed E-state index contributed by atoms with van der Waals surface area (Å²) in [5, 5.41) is 3.78. The van der Waals surface area contributed by atoms with Crippen molar-refractivity contribution < 1.29 is 21.4 Å². The first-order valence-corrected chi connectivity index (χ1v) is 11.3. The van der Waals surface area contributed by atoms with E-state index in [0.29, 0.717) is 5.56 Å². The van der Waals surface area contributed by atoms with Gasteiger partial charge in [0, 0.05) is 11.1 Å². The lowest BCUT2D eigenvalue weighted by molar-refractivity contribution is -0.00000579. The minimum atomic E-state index is -1.92. The van der Waals surface area contributed by atoms with Crippen molar-refractivity contribution in [3.05, 3.63) is 115 Å². The second-order valence-corrected chi connectivity index (χ2v) is 10.2. The Morgan fingerprint density at radius 1 is 0.536 bits per heavy atom. The molecule has 0 bridgehead atoms. The van der Waals surface area contributed by atoms with Crippen LogP contribution >= 0.6 is 7.26 Å². The topological polar surface area (TPSA) is 0 Å². The lowest BCUT2D eigenvalue weighted by atomic mass is 10.1. The van der Waals surface area contributed by atoms with Crippen LogP contribution in [-0.2, 0) is 0 Å². The van der Waals surface area contributed by atoms with Crippen LogP contribution in [0.4, 0.5) is 4.39 Å². The Balaban J connectivity index is 0.00000225. The summed E-state index contributed by atoms with van der Waals surface area (Å²) in [5.41, 5.74) is 1.63. The number of hydrogen-bond acceptors (Lipinski definition) is 0. The number of halogens is 2. The van der Waals surface area contributed by atoms with Crippen molar-refractivity contribution in [1.29, 1.82) is 0 Å². The Morgan fingerprint density at radius 3 is 1.50 bits per heavy atom. The molecule has 0 aliphatic carbocycles. The molecule has 0 spiro atoms. The zero-order valence-corrected chi connectivity index (χ0v) is 18.1. The highest BCUT2D eigenvalue weighted by Crippen LogP contribution is 2.53. The van der Waals surface area contributed by atoms with Crippen LogP contribution in [0.25, 0.3) is 11.1 Å². The van der Waals surface area contributed by atoms with Gasteiger partial charge in [-0.2, -0.15) is 0 Å². The van der Waals surface area contributed by atoms with Crippen molar-refractivity contribution in [2.45, 2.75) is 0 Å². The molecule has 4 aromatic carbocycles. The van der Waals surface area contributed by atoms with Crippen LogP contribution in [0.1, 0.15) is 0 Å². The van der Waals surface area contributed by atoms with E-state index in [-0.39, 0.29) is 22.8 Å². The predicted molar refractivity (Wildman–Crippen MR) is 116 cm³/mol. The van der Waals surface area contributed by atoms with E-state index in [9.17, 15) is 4.39 Å². The fraction of sp³-hybridized carbons (Fsp3) is 0.0400. The zero-order valence-electron chi connectivity index (χ0n) is 15.6. The highest BCUT2D eigenvalue weighted by atomic mass is 79.9. The van der Waals surface area contributed by atoms with Crippen molar-refractivity contribution in [3.63, 3.8) is 0 Å². The standard InChI is InChI=1S/C25H21FP.BrH/c1-27(20-12-4-2-5-13-20,21-14-6-3-7-15-21)25-19-11-9-17-23(25)22-16-8-10-18-24(22)26;/h2-19H,1H3;1H/q+1;/p-1. The monoisotopic (exact) mass is 450 g/mol. The van der Waals surface area contributed by atoms with Gasteiger partial charge in [-0.15, -0.1) is 0 Å². The molecule has 0 unspecified atom stereocenters. The van der Waals surface area contributed by atoms with E-state index in [1.165, 1.54) is 22.0 Å². The van der Waals surface area contributed by atoms with E-state index in [2.05, 4.69) is 67.3 Å². The van der Waals surface area contributed by atoms with Crippen LogP contribution in [0.15, 0.2) is 109 Å². The molecule has 28 heavy (non-hydrogen) atoms.